The van der Waals surface area contributed by atoms with Crippen molar-refractivity contribution in [3.05, 3.63) is 101 Å². The number of amides is 2. The molecule has 0 saturated carbocycles. The van der Waals surface area contributed by atoms with Gasteiger partial charge >= 0.3 is 0 Å². The first-order valence-electron chi connectivity index (χ1n) is 11.6. The summed E-state index contributed by atoms with van der Waals surface area (Å²) in [5.74, 6) is -1.36. The van der Waals surface area contributed by atoms with Gasteiger partial charge in [0, 0.05) is 24.5 Å². The van der Waals surface area contributed by atoms with Crippen LogP contribution in [0.15, 0.2) is 79.1 Å². The van der Waals surface area contributed by atoms with Gasteiger partial charge in [-0.2, -0.15) is 0 Å². The molecular formula is C26H30N6O4S. The maximum atomic E-state index is 12.9. The predicted molar refractivity (Wildman–Crippen MR) is 141 cm³/mol. The standard InChI is InChI=1S/C26H30N6O4S/c27-25(28)22-9-6-20(7-10-22)16-30-24(33)17-31-26(34)23(11-8-19-4-2-1-3-5-19)32-37(35,36)18-21-12-14-29-15-13-21/h1-7,9-10,12-15,23,32H,8,11,16-18H2,(H3,27,28)(H,30,33)(H,31,34)/t23-/m1/s1. The molecule has 0 unspecified atom stereocenters. The van der Waals surface area contributed by atoms with E-state index in [9.17, 15) is 18.0 Å². The van der Waals surface area contributed by atoms with E-state index in [0.29, 0.717) is 17.5 Å². The number of benzene rings is 2. The van der Waals surface area contributed by atoms with Gasteiger partial charge in [-0.05, 0) is 41.7 Å². The van der Waals surface area contributed by atoms with Crippen molar-refractivity contribution in [3.8, 4) is 0 Å². The van der Waals surface area contributed by atoms with Gasteiger partial charge in [-0.15, -0.1) is 0 Å². The van der Waals surface area contributed by atoms with Crippen LogP contribution in [0, 0.1) is 5.41 Å². The van der Waals surface area contributed by atoms with Crippen LogP contribution in [0.2, 0.25) is 0 Å². The van der Waals surface area contributed by atoms with Crippen LogP contribution in [0.25, 0.3) is 0 Å². The zero-order chi connectivity index (χ0) is 26.7. The summed E-state index contributed by atoms with van der Waals surface area (Å²) in [4.78, 5) is 29.1. The number of aromatic nitrogens is 1. The Bertz CT molecular complexity index is 1300. The Hall–Kier alpha value is -4.09. The average Bonchev–Trinajstić information content (AvgIpc) is 2.89. The highest BCUT2D eigenvalue weighted by Gasteiger charge is 2.25. The maximum Gasteiger partial charge on any atom is 0.239 e. The molecule has 3 rings (SSSR count). The minimum atomic E-state index is -3.84. The van der Waals surface area contributed by atoms with Gasteiger partial charge < -0.3 is 16.4 Å². The van der Waals surface area contributed by atoms with Gasteiger partial charge in [-0.1, -0.05) is 54.6 Å². The molecule has 0 aliphatic carbocycles. The fraction of sp³-hybridized carbons (Fsp3) is 0.231. The average molecular weight is 523 g/mol. The Morgan fingerprint density at radius 3 is 2.22 bits per heavy atom. The van der Waals surface area contributed by atoms with Gasteiger partial charge in [0.25, 0.3) is 0 Å². The first kappa shape index (κ1) is 27.5. The molecule has 1 atom stereocenters. The smallest absolute Gasteiger partial charge is 0.239 e. The Balaban J connectivity index is 1.57. The third kappa shape index (κ3) is 9.47. The van der Waals surface area contributed by atoms with Gasteiger partial charge in [0.05, 0.1) is 12.3 Å². The second-order valence-electron chi connectivity index (χ2n) is 8.41. The summed E-state index contributed by atoms with van der Waals surface area (Å²) in [7, 11) is -3.84. The molecule has 10 nitrogen and oxygen atoms in total. The van der Waals surface area contributed by atoms with Crippen LogP contribution in [0.5, 0.6) is 0 Å². The fourth-order valence-electron chi connectivity index (χ4n) is 3.51. The first-order valence-corrected chi connectivity index (χ1v) is 13.3. The lowest BCUT2D eigenvalue weighted by Gasteiger charge is -2.19. The van der Waals surface area contributed by atoms with Crippen LogP contribution >= 0.6 is 0 Å². The number of nitrogens with one attached hydrogen (secondary N) is 4. The van der Waals surface area contributed by atoms with Crippen LogP contribution < -0.4 is 21.1 Å². The monoisotopic (exact) mass is 522 g/mol. The molecule has 0 aliphatic rings. The molecule has 11 heteroatoms. The normalized spacial score (nSPS) is 11.9. The quantitative estimate of drug-likeness (QED) is 0.167. The number of carbonyl (C=O) groups is 2. The van der Waals surface area contributed by atoms with Crippen molar-refractivity contribution in [2.45, 2.75) is 31.2 Å². The third-order valence-corrected chi connectivity index (χ3v) is 6.84. The highest BCUT2D eigenvalue weighted by molar-refractivity contribution is 7.88. The number of nitrogen functional groups attached to an aromatic ring is 1. The Labute approximate surface area is 216 Å². The zero-order valence-corrected chi connectivity index (χ0v) is 21.0. The van der Waals surface area contributed by atoms with Crippen molar-refractivity contribution in [2.75, 3.05) is 6.54 Å². The molecule has 6 N–H and O–H groups in total. The van der Waals surface area contributed by atoms with E-state index in [1.807, 2.05) is 30.3 Å². The van der Waals surface area contributed by atoms with Crippen LogP contribution in [0.4, 0.5) is 0 Å². The molecule has 0 bridgehead atoms. The van der Waals surface area contributed by atoms with Gasteiger partial charge in [-0.25, -0.2) is 13.1 Å². The molecular weight excluding hydrogens is 492 g/mol. The lowest BCUT2D eigenvalue weighted by molar-refractivity contribution is -0.127. The molecule has 0 saturated heterocycles. The summed E-state index contributed by atoms with van der Waals surface area (Å²) in [5.41, 5.74) is 8.32. The Kier molecular flexibility index (Phi) is 9.87. The highest BCUT2D eigenvalue weighted by atomic mass is 32.2. The zero-order valence-electron chi connectivity index (χ0n) is 20.2. The summed E-state index contributed by atoms with van der Waals surface area (Å²) in [5, 5.41) is 12.6. The Morgan fingerprint density at radius 1 is 0.892 bits per heavy atom. The van der Waals surface area contributed by atoms with Crippen molar-refractivity contribution in [2.24, 2.45) is 5.73 Å². The number of sulfonamides is 1. The van der Waals surface area contributed by atoms with Crippen LogP contribution in [-0.2, 0) is 38.3 Å². The number of aryl methyl sites for hydroxylation is 1. The summed E-state index contributed by atoms with van der Waals surface area (Å²) in [6.07, 6.45) is 3.69. The van der Waals surface area contributed by atoms with Crippen LogP contribution in [0.1, 0.15) is 28.7 Å². The van der Waals surface area contributed by atoms with Crippen LogP contribution in [0.3, 0.4) is 0 Å². The molecule has 0 spiro atoms. The first-order chi connectivity index (χ1) is 17.7. The minimum absolute atomic E-state index is 0.0449. The summed E-state index contributed by atoms with van der Waals surface area (Å²) < 4.78 is 28.0. The number of hydrogen-bond acceptors (Lipinski definition) is 6. The van der Waals surface area contributed by atoms with Gasteiger partial charge in [0.2, 0.25) is 21.8 Å². The molecule has 0 aliphatic heterocycles. The largest absolute Gasteiger partial charge is 0.384 e. The molecule has 0 fully saturated rings. The van der Waals surface area contributed by atoms with Crippen LogP contribution in [-0.4, -0.2) is 43.6 Å². The minimum Gasteiger partial charge on any atom is -0.384 e. The summed E-state index contributed by atoms with van der Waals surface area (Å²) >= 11 is 0. The van der Waals surface area contributed by atoms with E-state index in [1.165, 1.54) is 12.4 Å². The lowest BCUT2D eigenvalue weighted by atomic mass is 10.1. The summed E-state index contributed by atoms with van der Waals surface area (Å²) in [6.45, 7) is -0.0822. The number of rotatable bonds is 13. The molecule has 1 aromatic heterocycles. The van der Waals surface area contributed by atoms with Gasteiger partial charge in [0.15, 0.2) is 0 Å². The SMILES string of the molecule is N=C(N)c1ccc(CNC(=O)CNC(=O)[C@@H](CCc2ccccc2)NS(=O)(=O)Cc2ccncc2)cc1. The fourth-order valence-corrected chi connectivity index (χ4v) is 4.88. The molecule has 3 aromatic rings. The van der Waals surface area contributed by atoms with Crippen molar-refractivity contribution in [1.29, 1.82) is 5.41 Å². The van der Waals surface area contributed by atoms with E-state index in [4.69, 9.17) is 11.1 Å². The number of carbonyl (C=O) groups excluding carboxylic acids is 2. The van der Waals surface area contributed by atoms with E-state index in [-0.39, 0.29) is 31.1 Å². The maximum absolute atomic E-state index is 12.9. The molecule has 2 amide bonds. The van der Waals surface area contributed by atoms with E-state index in [2.05, 4.69) is 20.3 Å². The third-order valence-electron chi connectivity index (χ3n) is 5.49. The highest BCUT2D eigenvalue weighted by Crippen LogP contribution is 2.09. The predicted octanol–water partition coefficient (Wildman–Crippen LogP) is 1.22. The molecule has 194 valence electrons. The second-order valence-corrected chi connectivity index (χ2v) is 10.2. The van der Waals surface area contributed by atoms with Crippen molar-refractivity contribution in [3.63, 3.8) is 0 Å². The van der Waals surface area contributed by atoms with Crippen molar-refractivity contribution in [1.82, 2.24) is 20.3 Å². The number of pyridine rings is 1. The van der Waals surface area contributed by atoms with Crippen molar-refractivity contribution < 1.29 is 18.0 Å². The topological polar surface area (TPSA) is 167 Å². The van der Waals surface area contributed by atoms with Crippen molar-refractivity contribution >= 4 is 27.7 Å². The van der Waals surface area contributed by atoms with Gasteiger partial charge in [0.1, 0.15) is 11.9 Å². The number of nitrogens with zero attached hydrogens (tertiary/aromatic N) is 1. The van der Waals surface area contributed by atoms with E-state index in [0.717, 1.165) is 11.1 Å². The Morgan fingerprint density at radius 2 is 1.57 bits per heavy atom. The molecule has 2 aromatic carbocycles. The number of hydrogen-bond donors (Lipinski definition) is 5. The second kappa shape index (κ2) is 13.3. The number of amidine groups is 1. The van der Waals surface area contributed by atoms with E-state index >= 15 is 0 Å². The number of nitrogens with two attached hydrogens (primary N) is 1. The molecule has 37 heavy (non-hydrogen) atoms. The van der Waals surface area contributed by atoms with E-state index in [1.54, 1.807) is 36.4 Å². The van der Waals surface area contributed by atoms with E-state index < -0.39 is 27.9 Å². The summed E-state index contributed by atoms with van der Waals surface area (Å²) in [6, 6.07) is 18.4. The lowest BCUT2D eigenvalue weighted by Crippen LogP contribution is -2.49. The molecule has 0 radical (unpaired) electrons. The van der Waals surface area contributed by atoms with Gasteiger partial charge in [-0.3, -0.25) is 20.0 Å². The molecule has 1 heterocycles.